The lowest BCUT2D eigenvalue weighted by Gasteiger charge is -2.15. The quantitative estimate of drug-likeness (QED) is 0.459. The summed E-state index contributed by atoms with van der Waals surface area (Å²) >= 11 is 0. The Morgan fingerprint density at radius 1 is 0.933 bits per heavy atom. The molecule has 5 heteroatoms. The topological polar surface area (TPSA) is 58.6 Å². The van der Waals surface area contributed by atoms with Crippen molar-refractivity contribution in [1.82, 2.24) is 4.90 Å². The molecule has 0 unspecified atom stereocenters. The van der Waals surface area contributed by atoms with Crippen LogP contribution in [0.15, 0.2) is 54.2 Å². The van der Waals surface area contributed by atoms with Crippen molar-refractivity contribution in [2.75, 3.05) is 25.1 Å². The van der Waals surface area contributed by atoms with Gasteiger partial charge in [0.15, 0.2) is 0 Å². The molecule has 0 atom stereocenters. The normalized spacial score (nSPS) is 14.0. The molecule has 1 aliphatic rings. The Balaban J connectivity index is 1.85. The summed E-state index contributed by atoms with van der Waals surface area (Å²) in [6.07, 6.45) is 2.73. The second kappa shape index (κ2) is 10.2. The molecule has 0 saturated heterocycles. The SMILES string of the molecule is CCCCOCCCN1C(=O)C(Nc2ccccc2)=C(c2ccc(C)cc2C)C1=O. The molecule has 2 aromatic carbocycles. The smallest absolute Gasteiger partial charge is 0.278 e. The molecule has 158 valence electrons. The molecule has 0 bridgehead atoms. The molecule has 30 heavy (non-hydrogen) atoms. The predicted molar refractivity (Wildman–Crippen MR) is 120 cm³/mol. The number of benzene rings is 2. The summed E-state index contributed by atoms with van der Waals surface area (Å²) in [5.41, 5.74) is 4.44. The van der Waals surface area contributed by atoms with E-state index in [1.807, 2.05) is 62.4 Å². The number of ether oxygens (including phenoxy) is 1. The third-order valence-electron chi connectivity index (χ3n) is 5.18. The number of nitrogens with one attached hydrogen (secondary N) is 1. The molecule has 1 heterocycles. The number of imide groups is 1. The van der Waals surface area contributed by atoms with Crippen LogP contribution in [0, 0.1) is 13.8 Å². The van der Waals surface area contributed by atoms with Crippen LogP contribution in [0.5, 0.6) is 0 Å². The number of carbonyl (C=O) groups excluding carboxylic acids is 2. The summed E-state index contributed by atoms with van der Waals surface area (Å²) in [7, 11) is 0. The van der Waals surface area contributed by atoms with Gasteiger partial charge in [-0.25, -0.2) is 0 Å². The average molecular weight is 407 g/mol. The Kier molecular flexibility index (Phi) is 7.41. The zero-order valence-electron chi connectivity index (χ0n) is 18.0. The first-order valence-corrected chi connectivity index (χ1v) is 10.6. The van der Waals surface area contributed by atoms with Gasteiger partial charge in [0, 0.05) is 25.4 Å². The summed E-state index contributed by atoms with van der Waals surface area (Å²) < 4.78 is 5.59. The Labute approximate surface area is 178 Å². The van der Waals surface area contributed by atoms with Crippen LogP contribution < -0.4 is 5.32 Å². The van der Waals surface area contributed by atoms with E-state index < -0.39 is 0 Å². The van der Waals surface area contributed by atoms with Gasteiger partial charge in [0.2, 0.25) is 0 Å². The van der Waals surface area contributed by atoms with Crippen molar-refractivity contribution in [3.63, 3.8) is 0 Å². The molecular formula is C25H30N2O3. The fourth-order valence-electron chi connectivity index (χ4n) is 3.58. The lowest BCUT2D eigenvalue weighted by Crippen LogP contribution is -2.34. The molecule has 3 rings (SSSR count). The van der Waals surface area contributed by atoms with Gasteiger partial charge in [-0.2, -0.15) is 0 Å². The maximum absolute atomic E-state index is 13.3. The van der Waals surface area contributed by atoms with E-state index in [1.165, 1.54) is 4.90 Å². The van der Waals surface area contributed by atoms with Gasteiger partial charge in [-0.15, -0.1) is 0 Å². The van der Waals surface area contributed by atoms with Crippen molar-refractivity contribution in [2.45, 2.75) is 40.0 Å². The summed E-state index contributed by atoms with van der Waals surface area (Å²) in [6, 6.07) is 15.4. The minimum Gasteiger partial charge on any atom is -0.381 e. The van der Waals surface area contributed by atoms with Crippen molar-refractivity contribution in [3.05, 3.63) is 70.9 Å². The van der Waals surface area contributed by atoms with Gasteiger partial charge in [0.05, 0.1) is 5.57 Å². The molecule has 0 radical (unpaired) electrons. The van der Waals surface area contributed by atoms with Crippen LogP contribution >= 0.6 is 0 Å². The molecule has 0 aromatic heterocycles. The highest BCUT2D eigenvalue weighted by Crippen LogP contribution is 2.32. The van der Waals surface area contributed by atoms with Crippen LogP contribution in [-0.4, -0.2) is 36.5 Å². The first kappa shape index (κ1) is 21.8. The van der Waals surface area contributed by atoms with E-state index in [-0.39, 0.29) is 11.8 Å². The van der Waals surface area contributed by atoms with Crippen LogP contribution in [0.3, 0.4) is 0 Å². The third-order valence-corrected chi connectivity index (χ3v) is 5.18. The summed E-state index contributed by atoms with van der Waals surface area (Å²) in [4.78, 5) is 27.8. The van der Waals surface area contributed by atoms with Crippen molar-refractivity contribution in [2.24, 2.45) is 0 Å². The van der Waals surface area contributed by atoms with E-state index in [0.717, 1.165) is 35.2 Å². The standard InChI is InChI=1S/C25H30N2O3/c1-4-5-15-30-16-9-14-27-24(28)22(21-13-12-18(2)17-19(21)3)23(25(27)29)26-20-10-7-6-8-11-20/h6-8,10-13,17,26H,4-5,9,14-16H2,1-3H3. The zero-order valence-corrected chi connectivity index (χ0v) is 18.0. The van der Waals surface area contributed by atoms with Gasteiger partial charge >= 0.3 is 0 Å². The molecule has 1 aliphatic heterocycles. The van der Waals surface area contributed by atoms with Crippen LogP contribution in [0.4, 0.5) is 5.69 Å². The Bertz CT molecular complexity index is 935. The van der Waals surface area contributed by atoms with Crippen LogP contribution in [0.1, 0.15) is 42.9 Å². The molecule has 2 aromatic rings. The summed E-state index contributed by atoms with van der Waals surface area (Å²) in [6.45, 7) is 7.70. The van der Waals surface area contributed by atoms with E-state index in [9.17, 15) is 9.59 Å². The lowest BCUT2D eigenvalue weighted by molar-refractivity contribution is -0.137. The number of carbonyl (C=O) groups is 2. The molecule has 5 nitrogen and oxygen atoms in total. The fourth-order valence-corrected chi connectivity index (χ4v) is 3.58. The van der Waals surface area contributed by atoms with Crippen molar-refractivity contribution < 1.29 is 14.3 Å². The number of para-hydroxylation sites is 1. The molecule has 0 aliphatic carbocycles. The minimum atomic E-state index is -0.285. The van der Waals surface area contributed by atoms with E-state index in [1.54, 1.807) is 0 Å². The van der Waals surface area contributed by atoms with E-state index >= 15 is 0 Å². The average Bonchev–Trinajstić information content (AvgIpc) is 2.95. The Morgan fingerprint density at radius 3 is 2.37 bits per heavy atom. The monoisotopic (exact) mass is 406 g/mol. The minimum absolute atomic E-state index is 0.251. The van der Waals surface area contributed by atoms with Gasteiger partial charge in [0.25, 0.3) is 11.8 Å². The number of anilines is 1. The van der Waals surface area contributed by atoms with E-state index in [4.69, 9.17) is 4.74 Å². The lowest BCUT2D eigenvalue weighted by atomic mass is 9.97. The van der Waals surface area contributed by atoms with Crippen LogP contribution in [0.2, 0.25) is 0 Å². The Morgan fingerprint density at radius 2 is 1.67 bits per heavy atom. The fraction of sp³-hybridized carbons (Fsp3) is 0.360. The second-order valence-corrected chi connectivity index (χ2v) is 7.64. The Hall–Kier alpha value is -2.92. The molecule has 1 N–H and O–H groups in total. The zero-order chi connectivity index (χ0) is 21.5. The van der Waals surface area contributed by atoms with Gasteiger partial charge in [-0.3, -0.25) is 14.5 Å². The van der Waals surface area contributed by atoms with Crippen LogP contribution in [0.25, 0.3) is 5.57 Å². The van der Waals surface area contributed by atoms with Gasteiger partial charge in [-0.05, 0) is 49.9 Å². The van der Waals surface area contributed by atoms with Gasteiger partial charge in [-0.1, -0.05) is 55.3 Å². The van der Waals surface area contributed by atoms with Crippen LogP contribution in [-0.2, 0) is 14.3 Å². The summed E-state index contributed by atoms with van der Waals surface area (Å²) in [5.74, 6) is -0.536. The van der Waals surface area contributed by atoms with Gasteiger partial charge in [0.1, 0.15) is 5.70 Å². The molecular weight excluding hydrogens is 376 g/mol. The predicted octanol–water partition coefficient (Wildman–Crippen LogP) is 4.70. The molecule has 0 spiro atoms. The first-order valence-electron chi connectivity index (χ1n) is 10.6. The van der Waals surface area contributed by atoms with Crippen molar-refractivity contribution in [3.8, 4) is 0 Å². The number of hydrogen-bond donors (Lipinski definition) is 1. The second-order valence-electron chi connectivity index (χ2n) is 7.64. The van der Waals surface area contributed by atoms with Gasteiger partial charge < -0.3 is 10.1 Å². The van der Waals surface area contributed by atoms with E-state index in [0.29, 0.717) is 37.4 Å². The number of aryl methyl sites for hydroxylation is 2. The third kappa shape index (κ3) is 4.97. The highest BCUT2D eigenvalue weighted by atomic mass is 16.5. The van der Waals surface area contributed by atoms with E-state index in [2.05, 4.69) is 12.2 Å². The first-order chi connectivity index (χ1) is 14.5. The highest BCUT2D eigenvalue weighted by Gasteiger charge is 2.39. The van der Waals surface area contributed by atoms with Crippen molar-refractivity contribution >= 4 is 23.1 Å². The number of unbranched alkanes of at least 4 members (excludes halogenated alkanes) is 1. The number of hydrogen-bond acceptors (Lipinski definition) is 4. The number of amides is 2. The van der Waals surface area contributed by atoms with Crippen molar-refractivity contribution in [1.29, 1.82) is 0 Å². The molecule has 2 amide bonds. The maximum atomic E-state index is 13.3. The number of nitrogens with zero attached hydrogens (tertiary/aromatic N) is 1. The largest absolute Gasteiger partial charge is 0.381 e. The molecule has 0 saturated carbocycles. The number of rotatable bonds is 10. The summed E-state index contributed by atoms with van der Waals surface area (Å²) in [5, 5.41) is 3.20. The molecule has 0 fully saturated rings. The highest BCUT2D eigenvalue weighted by molar-refractivity contribution is 6.36. The maximum Gasteiger partial charge on any atom is 0.278 e.